The van der Waals surface area contributed by atoms with Gasteiger partial charge in [0.1, 0.15) is 11.5 Å². The van der Waals surface area contributed by atoms with Crippen LogP contribution in [-0.4, -0.2) is 49.3 Å². The molecule has 0 saturated carbocycles. The summed E-state index contributed by atoms with van der Waals surface area (Å²) in [7, 11) is 1.34. The number of rotatable bonds is 3. The first-order chi connectivity index (χ1) is 10.7. The van der Waals surface area contributed by atoms with Crippen LogP contribution >= 0.6 is 0 Å². The lowest BCUT2D eigenvalue weighted by atomic mass is 9.95. The van der Waals surface area contributed by atoms with E-state index in [9.17, 15) is 9.90 Å². The predicted octanol–water partition coefficient (Wildman–Crippen LogP) is 1.93. The molecule has 0 fully saturated rings. The molecule has 2 aliphatic heterocycles. The summed E-state index contributed by atoms with van der Waals surface area (Å²) < 4.78 is 10.6. The van der Waals surface area contributed by atoms with Crippen LogP contribution in [0.1, 0.15) is 12.0 Å². The first-order valence-electron chi connectivity index (χ1n) is 7.59. The zero-order chi connectivity index (χ0) is 15.5. The highest BCUT2D eigenvalue weighted by Crippen LogP contribution is 2.28. The second-order valence-corrected chi connectivity index (χ2v) is 5.89. The van der Waals surface area contributed by atoms with Gasteiger partial charge in [0.05, 0.1) is 19.3 Å². The van der Waals surface area contributed by atoms with E-state index < -0.39 is 5.97 Å². The average Bonchev–Trinajstić information content (AvgIpc) is 2.56. The zero-order valence-electron chi connectivity index (χ0n) is 12.7. The summed E-state index contributed by atoms with van der Waals surface area (Å²) in [5.74, 6) is 1.10. The fourth-order valence-corrected chi connectivity index (χ4v) is 3.14. The average molecular weight is 303 g/mol. The molecule has 0 aliphatic carbocycles. The highest BCUT2D eigenvalue weighted by molar-refractivity contribution is 5.89. The van der Waals surface area contributed by atoms with Crippen molar-refractivity contribution in [2.45, 2.75) is 12.8 Å². The normalized spacial score (nSPS) is 22.0. The third-order valence-corrected chi connectivity index (χ3v) is 4.30. The van der Waals surface area contributed by atoms with Crippen molar-refractivity contribution < 1.29 is 19.4 Å². The minimum absolute atomic E-state index is 0.160. The van der Waals surface area contributed by atoms with E-state index in [-0.39, 0.29) is 5.76 Å². The van der Waals surface area contributed by atoms with Crippen molar-refractivity contribution in [3.63, 3.8) is 0 Å². The molecule has 1 aromatic carbocycles. The van der Waals surface area contributed by atoms with Crippen molar-refractivity contribution in [2.24, 2.45) is 5.92 Å². The second kappa shape index (κ2) is 6.40. The fourth-order valence-electron chi connectivity index (χ4n) is 3.14. The highest BCUT2D eigenvalue weighted by Gasteiger charge is 2.28. The number of methoxy groups -OCH3 is 1. The van der Waals surface area contributed by atoms with E-state index in [2.05, 4.69) is 11.0 Å². The fraction of sp³-hybridized carbons (Fsp3) is 0.471. The Labute approximate surface area is 130 Å². The summed E-state index contributed by atoms with van der Waals surface area (Å²) in [6.07, 6.45) is 1.48. The van der Waals surface area contributed by atoms with Crippen LogP contribution in [0.4, 0.5) is 0 Å². The molecule has 22 heavy (non-hydrogen) atoms. The maximum Gasteiger partial charge on any atom is 0.338 e. The first kappa shape index (κ1) is 14.9. The molecule has 0 saturated heterocycles. The Morgan fingerprint density at radius 1 is 1.45 bits per heavy atom. The van der Waals surface area contributed by atoms with E-state index in [1.54, 1.807) is 0 Å². The molecule has 2 heterocycles. The van der Waals surface area contributed by atoms with Crippen molar-refractivity contribution in [3.8, 4) is 5.75 Å². The quantitative estimate of drug-likeness (QED) is 0.865. The Hall–Kier alpha value is -2.01. The number of aliphatic hydroxyl groups excluding tert-OH is 1. The van der Waals surface area contributed by atoms with Crippen LogP contribution in [-0.2, 0) is 16.0 Å². The van der Waals surface area contributed by atoms with Gasteiger partial charge < -0.3 is 14.6 Å². The Bertz CT molecular complexity index is 596. The molecule has 118 valence electrons. The number of hydrogen-bond acceptors (Lipinski definition) is 5. The smallest absolute Gasteiger partial charge is 0.338 e. The van der Waals surface area contributed by atoms with Gasteiger partial charge in [0, 0.05) is 32.0 Å². The SMILES string of the molecule is COC(=O)C1=C(O)CCN(CC2COc3ccccc3C2)C1. The van der Waals surface area contributed by atoms with Gasteiger partial charge in [-0.15, -0.1) is 0 Å². The zero-order valence-corrected chi connectivity index (χ0v) is 12.7. The van der Waals surface area contributed by atoms with Crippen LogP contribution < -0.4 is 4.74 Å². The third kappa shape index (κ3) is 3.09. The molecule has 0 amide bonds. The van der Waals surface area contributed by atoms with E-state index in [4.69, 9.17) is 9.47 Å². The van der Waals surface area contributed by atoms with Gasteiger partial charge >= 0.3 is 5.97 Å². The lowest BCUT2D eigenvalue weighted by molar-refractivity contribution is -0.136. The number of nitrogens with zero attached hydrogens (tertiary/aromatic N) is 1. The number of fused-ring (bicyclic) bond motifs is 1. The van der Waals surface area contributed by atoms with Gasteiger partial charge in [-0.3, -0.25) is 4.90 Å². The Balaban J connectivity index is 1.62. The maximum absolute atomic E-state index is 11.7. The van der Waals surface area contributed by atoms with Gasteiger partial charge in [0.15, 0.2) is 0 Å². The Morgan fingerprint density at radius 2 is 2.27 bits per heavy atom. The molecule has 5 nitrogen and oxygen atoms in total. The van der Waals surface area contributed by atoms with Crippen molar-refractivity contribution >= 4 is 5.97 Å². The molecular formula is C17H21NO4. The number of ether oxygens (including phenoxy) is 2. The molecule has 5 heteroatoms. The van der Waals surface area contributed by atoms with Gasteiger partial charge in [-0.1, -0.05) is 18.2 Å². The van der Waals surface area contributed by atoms with Crippen LogP contribution in [0, 0.1) is 5.92 Å². The second-order valence-electron chi connectivity index (χ2n) is 5.89. The Morgan fingerprint density at radius 3 is 3.09 bits per heavy atom. The Kier molecular flexibility index (Phi) is 4.34. The first-order valence-corrected chi connectivity index (χ1v) is 7.59. The summed E-state index contributed by atoms with van der Waals surface area (Å²) in [5.41, 5.74) is 1.62. The van der Waals surface area contributed by atoms with Crippen LogP contribution in [0.15, 0.2) is 35.6 Å². The van der Waals surface area contributed by atoms with Crippen molar-refractivity contribution in [2.75, 3.05) is 33.4 Å². The molecule has 0 aromatic heterocycles. The number of hydrogen-bond donors (Lipinski definition) is 1. The monoisotopic (exact) mass is 303 g/mol. The minimum Gasteiger partial charge on any atom is -0.512 e. The number of aliphatic hydroxyl groups is 1. The minimum atomic E-state index is -0.438. The van der Waals surface area contributed by atoms with Crippen LogP contribution in [0.25, 0.3) is 0 Å². The van der Waals surface area contributed by atoms with Gasteiger partial charge in [0.25, 0.3) is 0 Å². The van der Waals surface area contributed by atoms with Gasteiger partial charge in [-0.25, -0.2) is 4.79 Å². The maximum atomic E-state index is 11.7. The molecule has 3 rings (SSSR count). The molecule has 0 spiro atoms. The van der Waals surface area contributed by atoms with E-state index in [1.165, 1.54) is 12.7 Å². The van der Waals surface area contributed by atoms with E-state index >= 15 is 0 Å². The summed E-state index contributed by atoms with van der Waals surface area (Å²) in [6, 6.07) is 8.12. The number of para-hydroxylation sites is 1. The standard InChI is InChI=1S/C17H21NO4/c1-21-17(20)14-10-18(7-6-15(14)19)9-12-8-13-4-2-3-5-16(13)22-11-12/h2-5,12,19H,6-11H2,1H3. The topological polar surface area (TPSA) is 59.0 Å². The largest absolute Gasteiger partial charge is 0.512 e. The van der Waals surface area contributed by atoms with Crippen molar-refractivity contribution in [1.29, 1.82) is 0 Å². The predicted molar refractivity (Wildman–Crippen MR) is 81.9 cm³/mol. The lowest BCUT2D eigenvalue weighted by Gasteiger charge is -2.33. The van der Waals surface area contributed by atoms with Crippen molar-refractivity contribution in [1.82, 2.24) is 4.90 Å². The van der Waals surface area contributed by atoms with Gasteiger partial charge in [0.2, 0.25) is 0 Å². The van der Waals surface area contributed by atoms with Crippen LogP contribution in [0.3, 0.4) is 0 Å². The summed E-state index contributed by atoms with van der Waals surface area (Å²) >= 11 is 0. The molecule has 1 atom stereocenters. The molecule has 1 aromatic rings. The van der Waals surface area contributed by atoms with Gasteiger partial charge in [-0.2, -0.15) is 0 Å². The molecule has 0 bridgehead atoms. The van der Waals surface area contributed by atoms with Crippen LogP contribution in [0.5, 0.6) is 5.75 Å². The molecule has 0 radical (unpaired) electrons. The summed E-state index contributed by atoms with van der Waals surface area (Å²) in [5, 5.41) is 9.85. The van der Waals surface area contributed by atoms with Crippen LogP contribution in [0.2, 0.25) is 0 Å². The molecule has 2 aliphatic rings. The van der Waals surface area contributed by atoms with Gasteiger partial charge in [-0.05, 0) is 18.1 Å². The summed E-state index contributed by atoms with van der Waals surface area (Å²) in [6.45, 7) is 2.74. The molecule has 1 N–H and O–H groups in total. The van der Waals surface area contributed by atoms with E-state index in [0.717, 1.165) is 25.3 Å². The number of carbonyl (C=O) groups excluding carboxylic acids is 1. The number of esters is 1. The van der Waals surface area contributed by atoms with E-state index in [1.807, 2.05) is 18.2 Å². The summed E-state index contributed by atoms with van der Waals surface area (Å²) in [4.78, 5) is 13.9. The molecule has 1 unspecified atom stereocenters. The third-order valence-electron chi connectivity index (χ3n) is 4.30. The lowest BCUT2D eigenvalue weighted by Crippen LogP contribution is -2.40. The number of carbonyl (C=O) groups is 1. The highest BCUT2D eigenvalue weighted by atomic mass is 16.5. The van der Waals surface area contributed by atoms with Crippen molar-refractivity contribution in [3.05, 3.63) is 41.2 Å². The molecular weight excluding hydrogens is 282 g/mol. The van der Waals surface area contributed by atoms with E-state index in [0.29, 0.717) is 31.1 Å². The number of benzene rings is 1.